The van der Waals surface area contributed by atoms with Gasteiger partial charge in [-0.3, -0.25) is 4.79 Å². The molecular weight excluding hydrogens is 168 g/mol. The predicted octanol–water partition coefficient (Wildman–Crippen LogP) is 0.912. The van der Waals surface area contributed by atoms with E-state index in [0.29, 0.717) is 6.42 Å². The van der Waals surface area contributed by atoms with Crippen LogP contribution < -0.4 is 5.32 Å². The molecule has 4 nitrogen and oxygen atoms in total. The topological polar surface area (TPSA) is 62.1 Å². The van der Waals surface area contributed by atoms with Gasteiger partial charge in [-0.2, -0.15) is 5.26 Å². The number of rotatable bonds is 1. The summed E-state index contributed by atoms with van der Waals surface area (Å²) >= 11 is 0. The van der Waals surface area contributed by atoms with E-state index in [2.05, 4.69) is 5.32 Å². The van der Waals surface area contributed by atoms with Crippen LogP contribution in [0.1, 0.15) is 20.3 Å². The highest BCUT2D eigenvalue weighted by Gasteiger charge is 2.21. The molecule has 1 N–H and O–H groups in total. The van der Waals surface area contributed by atoms with Gasteiger partial charge in [-0.05, 0) is 12.0 Å². The maximum atomic E-state index is 10.7. The highest BCUT2D eigenvalue weighted by atomic mass is 16.5. The third kappa shape index (κ3) is 2.79. The van der Waals surface area contributed by atoms with Crippen molar-refractivity contribution in [3.63, 3.8) is 0 Å². The lowest BCUT2D eigenvalue weighted by Gasteiger charge is -2.25. The average Bonchev–Trinajstić information content (AvgIpc) is 2.01. The molecule has 4 heteroatoms. The van der Waals surface area contributed by atoms with E-state index in [-0.39, 0.29) is 23.8 Å². The molecule has 1 rings (SSSR count). The van der Waals surface area contributed by atoms with Gasteiger partial charge in [0.1, 0.15) is 6.07 Å². The van der Waals surface area contributed by atoms with E-state index in [4.69, 9.17) is 10.00 Å². The van der Waals surface area contributed by atoms with Crippen LogP contribution in [0.5, 0.6) is 0 Å². The smallest absolute Gasteiger partial charge is 0.219 e. The Morgan fingerprint density at radius 2 is 2.54 bits per heavy atom. The van der Waals surface area contributed by atoms with Crippen LogP contribution in [-0.2, 0) is 9.53 Å². The van der Waals surface area contributed by atoms with Gasteiger partial charge in [-0.25, -0.2) is 0 Å². The van der Waals surface area contributed by atoms with Crippen molar-refractivity contribution in [2.45, 2.75) is 26.5 Å². The fraction of sp³-hybridized carbons (Fsp3) is 0.556. The number of amides is 1. The van der Waals surface area contributed by atoms with Gasteiger partial charge in [-0.15, -0.1) is 0 Å². The summed E-state index contributed by atoms with van der Waals surface area (Å²) in [6.45, 7) is 3.41. The van der Waals surface area contributed by atoms with E-state index in [1.165, 1.54) is 6.92 Å². The molecule has 0 spiro atoms. The number of nitriles is 1. The molecule has 1 aliphatic heterocycles. The van der Waals surface area contributed by atoms with Gasteiger partial charge >= 0.3 is 0 Å². The van der Waals surface area contributed by atoms with Gasteiger partial charge in [-0.1, -0.05) is 6.92 Å². The summed E-state index contributed by atoms with van der Waals surface area (Å²) in [6, 6.07) is 1.93. The van der Waals surface area contributed by atoms with E-state index < -0.39 is 0 Å². The maximum Gasteiger partial charge on any atom is 0.219 e. The second-order valence-corrected chi connectivity index (χ2v) is 3.16. The third-order valence-corrected chi connectivity index (χ3v) is 1.77. The molecule has 0 saturated carbocycles. The molecule has 0 aromatic rings. The summed E-state index contributed by atoms with van der Waals surface area (Å²) < 4.78 is 5.18. The molecule has 13 heavy (non-hydrogen) atoms. The minimum atomic E-state index is -0.354. The molecule has 1 aliphatic rings. The second-order valence-electron chi connectivity index (χ2n) is 3.16. The van der Waals surface area contributed by atoms with Crippen molar-refractivity contribution in [1.82, 2.24) is 5.32 Å². The Labute approximate surface area is 77.2 Å². The lowest BCUT2D eigenvalue weighted by molar-refractivity contribution is -0.122. The molecule has 0 radical (unpaired) electrons. The molecule has 0 aromatic carbocycles. The Morgan fingerprint density at radius 1 is 1.85 bits per heavy atom. The first-order valence-electron chi connectivity index (χ1n) is 4.17. The van der Waals surface area contributed by atoms with Crippen LogP contribution in [0.25, 0.3) is 0 Å². The number of carbonyl (C=O) groups excluding carboxylic acids is 1. The molecule has 0 aromatic heterocycles. The van der Waals surface area contributed by atoms with Crippen LogP contribution in [0.3, 0.4) is 0 Å². The summed E-state index contributed by atoms with van der Waals surface area (Å²) in [7, 11) is 0. The van der Waals surface area contributed by atoms with Gasteiger partial charge < -0.3 is 10.1 Å². The Morgan fingerprint density at radius 3 is 3.08 bits per heavy atom. The molecule has 2 atom stereocenters. The number of carbonyl (C=O) groups is 1. The van der Waals surface area contributed by atoms with Crippen molar-refractivity contribution < 1.29 is 9.53 Å². The summed E-state index contributed by atoms with van der Waals surface area (Å²) in [5.74, 6) is 0.411. The minimum absolute atomic E-state index is 0.142. The SMILES string of the molecule is CC(=O)N[C@H]1C[C@@H](C)C=C(C#N)O1. The Balaban J connectivity index is 2.60. The van der Waals surface area contributed by atoms with E-state index >= 15 is 0 Å². The molecular formula is C9H12N2O2. The molecule has 0 aliphatic carbocycles. The van der Waals surface area contributed by atoms with Crippen molar-refractivity contribution in [2.24, 2.45) is 5.92 Å². The molecule has 1 heterocycles. The zero-order valence-electron chi connectivity index (χ0n) is 7.70. The summed E-state index contributed by atoms with van der Waals surface area (Å²) in [4.78, 5) is 10.7. The second kappa shape index (κ2) is 3.94. The monoisotopic (exact) mass is 180 g/mol. The Bertz CT molecular complexity index is 278. The number of allylic oxidation sites excluding steroid dienone is 2. The standard InChI is InChI=1S/C9H12N2O2/c1-6-3-8(5-10)13-9(4-6)11-7(2)12/h3,6,9H,4H2,1-2H3,(H,11,12)/t6-,9+/m0/s1. The number of ether oxygens (including phenoxy) is 1. The van der Waals surface area contributed by atoms with Crippen LogP contribution in [0.4, 0.5) is 0 Å². The molecule has 1 amide bonds. The lowest BCUT2D eigenvalue weighted by atomic mass is 10.0. The average molecular weight is 180 g/mol. The molecule has 0 fully saturated rings. The maximum absolute atomic E-state index is 10.7. The predicted molar refractivity (Wildman–Crippen MR) is 46.2 cm³/mol. The first kappa shape index (κ1) is 9.59. The van der Waals surface area contributed by atoms with E-state index in [0.717, 1.165) is 0 Å². The highest BCUT2D eigenvalue weighted by molar-refractivity contribution is 5.73. The first-order chi connectivity index (χ1) is 6.11. The highest BCUT2D eigenvalue weighted by Crippen LogP contribution is 2.19. The zero-order chi connectivity index (χ0) is 9.84. The number of nitrogens with one attached hydrogen (secondary N) is 1. The normalized spacial score (nSPS) is 26.7. The summed E-state index contributed by atoms with van der Waals surface area (Å²) in [5.41, 5.74) is 0. The van der Waals surface area contributed by atoms with Crippen molar-refractivity contribution >= 4 is 5.91 Å². The quantitative estimate of drug-likeness (QED) is 0.652. The van der Waals surface area contributed by atoms with Crippen molar-refractivity contribution in [3.05, 3.63) is 11.8 Å². The summed E-state index contributed by atoms with van der Waals surface area (Å²) in [6.07, 6.45) is 2.12. The minimum Gasteiger partial charge on any atom is -0.461 e. The number of hydrogen-bond donors (Lipinski definition) is 1. The van der Waals surface area contributed by atoms with Crippen LogP contribution in [0.2, 0.25) is 0 Å². The van der Waals surface area contributed by atoms with Crippen LogP contribution in [0, 0.1) is 17.2 Å². The van der Waals surface area contributed by atoms with E-state index in [1.807, 2.05) is 13.0 Å². The van der Waals surface area contributed by atoms with E-state index in [1.54, 1.807) is 6.08 Å². The summed E-state index contributed by atoms with van der Waals surface area (Å²) in [5, 5.41) is 11.2. The van der Waals surface area contributed by atoms with Crippen LogP contribution >= 0.6 is 0 Å². The van der Waals surface area contributed by atoms with Gasteiger partial charge in [0.25, 0.3) is 0 Å². The van der Waals surface area contributed by atoms with Crippen LogP contribution in [0.15, 0.2) is 11.8 Å². The third-order valence-electron chi connectivity index (χ3n) is 1.77. The number of hydrogen-bond acceptors (Lipinski definition) is 3. The zero-order valence-corrected chi connectivity index (χ0v) is 7.70. The fourth-order valence-electron chi connectivity index (χ4n) is 1.28. The molecule has 70 valence electrons. The van der Waals surface area contributed by atoms with E-state index in [9.17, 15) is 4.79 Å². The van der Waals surface area contributed by atoms with Gasteiger partial charge in [0, 0.05) is 13.3 Å². The largest absolute Gasteiger partial charge is 0.461 e. The Kier molecular flexibility index (Phi) is 2.91. The van der Waals surface area contributed by atoms with Crippen molar-refractivity contribution in [3.8, 4) is 6.07 Å². The Hall–Kier alpha value is -1.50. The molecule has 0 unspecified atom stereocenters. The van der Waals surface area contributed by atoms with Gasteiger partial charge in [0.15, 0.2) is 12.0 Å². The number of nitrogens with zero attached hydrogens (tertiary/aromatic N) is 1. The first-order valence-corrected chi connectivity index (χ1v) is 4.17. The molecule has 0 bridgehead atoms. The fourth-order valence-corrected chi connectivity index (χ4v) is 1.28. The lowest BCUT2D eigenvalue weighted by Crippen LogP contribution is -2.38. The van der Waals surface area contributed by atoms with Crippen LogP contribution in [-0.4, -0.2) is 12.1 Å². The van der Waals surface area contributed by atoms with Gasteiger partial charge in [0.05, 0.1) is 0 Å². The molecule has 0 saturated heterocycles. The van der Waals surface area contributed by atoms with Gasteiger partial charge in [0.2, 0.25) is 5.91 Å². The van der Waals surface area contributed by atoms with Crippen molar-refractivity contribution in [1.29, 1.82) is 5.26 Å². The van der Waals surface area contributed by atoms with Crippen molar-refractivity contribution in [2.75, 3.05) is 0 Å².